The molecule has 0 aliphatic carbocycles. The first-order valence-electron chi connectivity index (χ1n) is 14.4. The van der Waals surface area contributed by atoms with Crippen LogP contribution in [0.4, 0.5) is 13.2 Å². The molecule has 0 saturated heterocycles. The number of aryl methyl sites for hydroxylation is 1. The number of nitrogens with zero attached hydrogens (tertiary/aromatic N) is 3. The summed E-state index contributed by atoms with van der Waals surface area (Å²) in [5.74, 6) is -1.34. The van der Waals surface area contributed by atoms with Gasteiger partial charge in [0.15, 0.2) is 0 Å². The van der Waals surface area contributed by atoms with Crippen molar-refractivity contribution in [1.82, 2.24) is 19.1 Å². The zero-order chi connectivity index (χ0) is 33.6. The predicted molar refractivity (Wildman–Crippen MR) is 164 cm³/mol. The Bertz CT molecular complexity index is 1890. The van der Waals surface area contributed by atoms with Crippen LogP contribution >= 0.6 is 0 Å². The average Bonchev–Trinajstić information content (AvgIpc) is 3.32. The number of hydrogen-bond donors (Lipinski definition) is 3. The van der Waals surface area contributed by atoms with Gasteiger partial charge < -0.3 is 11.5 Å². The number of alkyl halides is 3. The second-order valence-corrected chi connectivity index (χ2v) is 12.2. The Kier molecular flexibility index (Phi) is 10.5. The average molecular weight is 659 g/mol. The maximum absolute atomic E-state index is 13.7. The zero-order valence-corrected chi connectivity index (χ0v) is 25.6. The van der Waals surface area contributed by atoms with E-state index in [-0.39, 0.29) is 35.5 Å². The molecule has 2 amide bonds. The fraction of sp³-hybridized carbons (Fsp3) is 0.290. The van der Waals surface area contributed by atoms with Gasteiger partial charge in [0.2, 0.25) is 5.91 Å². The second kappa shape index (κ2) is 14.1. The molecule has 4 aromatic rings. The number of para-hydroxylation sites is 1. The molecule has 0 spiro atoms. The van der Waals surface area contributed by atoms with Crippen LogP contribution < -0.4 is 21.9 Å². The van der Waals surface area contributed by atoms with Gasteiger partial charge in [-0.1, -0.05) is 67.9 Å². The van der Waals surface area contributed by atoms with Crippen molar-refractivity contribution in [1.29, 1.82) is 0 Å². The lowest BCUT2D eigenvalue weighted by molar-refractivity contribution is -0.137. The van der Waals surface area contributed by atoms with E-state index in [0.717, 1.165) is 17.2 Å². The van der Waals surface area contributed by atoms with Crippen LogP contribution in [0.3, 0.4) is 0 Å². The topological polar surface area (TPSA) is 172 Å². The molecule has 5 N–H and O–H groups in total. The van der Waals surface area contributed by atoms with Gasteiger partial charge in [0, 0.05) is 18.4 Å². The van der Waals surface area contributed by atoms with E-state index in [1.165, 1.54) is 34.9 Å². The minimum Gasteiger partial charge on any atom is -0.370 e. The molecule has 0 saturated carbocycles. The highest BCUT2D eigenvalue weighted by atomic mass is 32.2. The second-order valence-electron chi connectivity index (χ2n) is 10.6. The summed E-state index contributed by atoms with van der Waals surface area (Å²) in [5.41, 5.74) is 10.1. The lowest BCUT2D eigenvalue weighted by atomic mass is 10.0. The quantitative estimate of drug-likeness (QED) is 0.197. The van der Waals surface area contributed by atoms with Gasteiger partial charge in [-0.25, -0.2) is 17.9 Å². The number of halogens is 3. The van der Waals surface area contributed by atoms with Gasteiger partial charge in [-0.05, 0) is 42.2 Å². The summed E-state index contributed by atoms with van der Waals surface area (Å²) in [6, 6.07) is 16.0. The van der Waals surface area contributed by atoms with Crippen LogP contribution in [0.25, 0.3) is 16.8 Å². The van der Waals surface area contributed by atoms with Crippen molar-refractivity contribution in [2.24, 2.45) is 11.5 Å². The Morgan fingerprint density at radius 1 is 1.00 bits per heavy atom. The summed E-state index contributed by atoms with van der Waals surface area (Å²) in [5, 5.41) is 4.28. The van der Waals surface area contributed by atoms with Gasteiger partial charge in [-0.3, -0.25) is 14.2 Å². The predicted octanol–water partition coefficient (Wildman–Crippen LogP) is 3.51. The number of aromatic nitrogens is 3. The monoisotopic (exact) mass is 658 g/mol. The molecule has 3 aromatic carbocycles. The summed E-state index contributed by atoms with van der Waals surface area (Å²) < 4.78 is 71.5. The van der Waals surface area contributed by atoms with E-state index in [4.69, 9.17) is 11.5 Å². The molecule has 0 fully saturated rings. The molecular weight excluding hydrogens is 625 g/mol. The fourth-order valence-electron chi connectivity index (χ4n) is 4.77. The largest absolute Gasteiger partial charge is 0.418 e. The molecule has 0 bridgehead atoms. The number of carbonyl (C=O) groups is 2. The van der Waals surface area contributed by atoms with Gasteiger partial charge in [-0.15, -0.1) is 5.10 Å². The van der Waals surface area contributed by atoms with Crippen molar-refractivity contribution in [2.45, 2.75) is 62.7 Å². The van der Waals surface area contributed by atoms with Crippen LogP contribution in [0.5, 0.6) is 0 Å². The van der Waals surface area contributed by atoms with Gasteiger partial charge in [-0.2, -0.15) is 17.9 Å². The molecule has 1 heterocycles. The van der Waals surface area contributed by atoms with Gasteiger partial charge in [0.05, 0.1) is 28.7 Å². The number of nitrogens with one attached hydrogen (secondary N) is 1. The van der Waals surface area contributed by atoms with Crippen molar-refractivity contribution < 1.29 is 31.2 Å². The summed E-state index contributed by atoms with van der Waals surface area (Å²) in [6.07, 6.45) is -3.20. The van der Waals surface area contributed by atoms with Crippen LogP contribution in [0, 0.1) is 0 Å². The standard InChI is InChI=1S/C31H33F3N6O5S/c1-2-3-12-28-37-40(25-10-6-5-9-23(25)31(32,33)34)30(43)39(28)19-20-13-15-21(16-14-20)22-8-4-7-11-26(22)46(44,45)38-29(42)24(35)17-18-27(36)41/h4-11,13-16,24H,2-3,12,17-19,35H2,1H3,(H2,36,41)(H,38,42)/t24-/m0/s1. The van der Waals surface area contributed by atoms with Crippen molar-refractivity contribution in [2.75, 3.05) is 0 Å². The molecule has 4 rings (SSSR count). The molecule has 0 radical (unpaired) electrons. The molecule has 11 nitrogen and oxygen atoms in total. The van der Waals surface area contributed by atoms with Gasteiger partial charge >= 0.3 is 11.9 Å². The molecule has 0 unspecified atom stereocenters. The Hall–Kier alpha value is -4.76. The lowest BCUT2D eigenvalue weighted by Gasteiger charge is -2.15. The van der Waals surface area contributed by atoms with Crippen molar-refractivity contribution in [3.8, 4) is 16.8 Å². The van der Waals surface area contributed by atoms with E-state index < -0.39 is 45.3 Å². The minimum atomic E-state index is -4.69. The van der Waals surface area contributed by atoms with E-state index in [0.29, 0.717) is 29.8 Å². The smallest absolute Gasteiger partial charge is 0.370 e. The molecule has 15 heteroatoms. The number of rotatable bonds is 13. The Morgan fingerprint density at radius 2 is 1.65 bits per heavy atom. The highest BCUT2D eigenvalue weighted by Crippen LogP contribution is 2.33. The summed E-state index contributed by atoms with van der Waals surface area (Å²) in [4.78, 5) is 36.7. The molecule has 1 aromatic heterocycles. The molecule has 0 aliphatic rings. The van der Waals surface area contributed by atoms with Crippen molar-refractivity contribution in [3.63, 3.8) is 0 Å². The SMILES string of the molecule is CCCCc1nn(-c2ccccc2C(F)(F)F)c(=O)n1Cc1ccc(-c2ccccc2S(=O)(=O)NC(=O)[C@@H](N)CCC(N)=O)cc1. The van der Waals surface area contributed by atoms with Crippen LogP contribution in [-0.4, -0.2) is 40.6 Å². The highest BCUT2D eigenvalue weighted by Gasteiger charge is 2.35. The third-order valence-electron chi connectivity index (χ3n) is 7.19. The summed E-state index contributed by atoms with van der Waals surface area (Å²) in [6.45, 7) is 1.95. The first-order valence-corrected chi connectivity index (χ1v) is 15.9. The number of sulfonamides is 1. The number of nitrogens with two attached hydrogens (primary N) is 2. The van der Waals surface area contributed by atoms with Crippen LogP contribution in [0.15, 0.2) is 82.5 Å². The maximum atomic E-state index is 13.7. The third kappa shape index (κ3) is 7.90. The van der Waals surface area contributed by atoms with Gasteiger partial charge in [0.1, 0.15) is 5.82 Å². The van der Waals surface area contributed by atoms with Crippen LogP contribution in [0.1, 0.15) is 49.6 Å². The Morgan fingerprint density at radius 3 is 2.30 bits per heavy atom. The van der Waals surface area contributed by atoms with Crippen molar-refractivity contribution in [3.05, 3.63) is 100 Å². The highest BCUT2D eigenvalue weighted by molar-refractivity contribution is 7.90. The zero-order valence-electron chi connectivity index (χ0n) is 24.8. The lowest BCUT2D eigenvalue weighted by Crippen LogP contribution is -2.43. The van der Waals surface area contributed by atoms with E-state index in [1.54, 1.807) is 36.4 Å². The first kappa shape index (κ1) is 34.1. The van der Waals surface area contributed by atoms with Gasteiger partial charge in [0.25, 0.3) is 15.9 Å². The van der Waals surface area contributed by atoms with Crippen LogP contribution in [0.2, 0.25) is 0 Å². The van der Waals surface area contributed by atoms with Crippen molar-refractivity contribution >= 4 is 21.8 Å². The number of amides is 2. The molecular formula is C31H33F3N6O5S. The minimum absolute atomic E-state index is 0.00550. The van der Waals surface area contributed by atoms with E-state index >= 15 is 0 Å². The first-order chi connectivity index (χ1) is 21.7. The van der Waals surface area contributed by atoms with Crippen LogP contribution in [-0.2, 0) is 38.8 Å². The number of benzene rings is 3. The number of carbonyl (C=O) groups excluding carboxylic acids is 2. The maximum Gasteiger partial charge on any atom is 0.418 e. The van der Waals surface area contributed by atoms with E-state index in [2.05, 4.69) is 5.10 Å². The molecule has 46 heavy (non-hydrogen) atoms. The Labute approximate surface area is 263 Å². The molecule has 244 valence electrons. The molecule has 0 aliphatic heterocycles. The number of unbranched alkanes of at least 4 members (excludes halogenated alkanes) is 1. The fourth-order valence-corrected chi connectivity index (χ4v) is 6.03. The van der Waals surface area contributed by atoms with E-state index in [1.807, 2.05) is 11.6 Å². The summed E-state index contributed by atoms with van der Waals surface area (Å²) >= 11 is 0. The third-order valence-corrected chi connectivity index (χ3v) is 8.59. The number of hydrogen-bond acceptors (Lipinski definition) is 7. The number of primary amides is 1. The van der Waals surface area contributed by atoms with E-state index in [9.17, 15) is 36.0 Å². The normalized spacial score (nSPS) is 12.5. The Balaban J connectivity index is 1.63. The summed E-state index contributed by atoms with van der Waals surface area (Å²) in [7, 11) is -4.37. The molecule has 1 atom stereocenters.